The average molecular weight is 404 g/mol. The predicted molar refractivity (Wildman–Crippen MR) is 104 cm³/mol. The minimum atomic E-state index is 0. The molecule has 134 valence electrons. The number of rotatable bonds is 5. The highest BCUT2D eigenvalue weighted by atomic mass is 35.5. The average Bonchev–Trinajstić information content (AvgIpc) is 2.42. The van der Waals surface area contributed by atoms with E-state index in [2.05, 4.69) is 24.1 Å². The lowest BCUT2D eigenvalue weighted by atomic mass is 9.95. The molecule has 1 aliphatic heterocycles. The summed E-state index contributed by atoms with van der Waals surface area (Å²) in [5, 5.41) is 14.7. The van der Waals surface area contributed by atoms with Crippen LogP contribution in [0, 0.1) is 5.92 Å². The van der Waals surface area contributed by atoms with E-state index in [4.69, 9.17) is 23.2 Å². The molecule has 0 aromatic heterocycles. The summed E-state index contributed by atoms with van der Waals surface area (Å²) in [4.78, 5) is 2.41. The van der Waals surface area contributed by atoms with E-state index in [1.807, 2.05) is 0 Å². The quantitative estimate of drug-likeness (QED) is 0.731. The molecular weight excluding hydrogens is 378 g/mol. The van der Waals surface area contributed by atoms with Gasteiger partial charge < -0.3 is 10.4 Å². The molecule has 0 radical (unpaired) electrons. The number of phenols is 1. The van der Waals surface area contributed by atoms with Crippen molar-refractivity contribution >= 4 is 48.0 Å². The van der Waals surface area contributed by atoms with Crippen molar-refractivity contribution in [3.63, 3.8) is 0 Å². The van der Waals surface area contributed by atoms with Crippen LogP contribution in [-0.4, -0.2) is 36.2 Å². The van der Waals surface area contributed by atoms with Crippen LogP contribution in [0.25, 0.3) is 0 Å². The van der Waals surface area contributed by atoms with E-state index in [0.717, 1.165) is 44.6 Å². The molecule has 1 aliphatic rings. The normalized spacial score (nSPS) is 16.6. The Morgan fingerprint density at radius 2 is 1.74 bits per heavy atom. The van der Waals surface area contributed by atoms with E-state index in [0.29, 0.717) is 16.0 Å². The molecule has 2 rings (SSSR count). The van der Waals surface area contributed by atoms with Crippen molar-refractivity contribution in [1.29, 1.82) is 0 Å². The van der Waals surface area contributed by atoms with Gasteiger partial charge in [0.2, 0.25) is 0 Å². The molecule has 1 atom stereocenters. The molecule has 1 aromatic rings. The Balaban J connectivity index is 0.00000242. The fourth-order valence-electron chi connectivity index (χ4n) is 2.90. The summed E-state index contributed by atoms with van der Waals surface area (Å²) in [5.74, 6) is 0.837. The maximum Gasteiger partial charge on any atom is 0.123 e. The first-order valence-corrected chi connectivity index (χ1v) is 8.37. The lowest BCUT2D eigenvalue weighted by Gasteiger charge is -2.36. The van der Waals surface area contributed by atoms with Crippen LogP contribution in [0.5, 0.6) is 5.75 Å². The van der Waals surface area contributed by atoms with Gasteiger partial charge in [0, 0.05) is 42.8 Å². The summed E-state index contributed by atoms with van der Waals surface area (Å²) in [6.07, 6.45) is 2.10. The SMILES string of the molecule is CC(C)CC[C@H](c1c(O)cc(Cl)cc1Cl)N1CCNCC1.Cl.Cl. The Morgan fingerprint density at radius 3 is 2.26 bits per heavy atom. The van der Waals surface area contributed by atoms with Gasteiger partial charge in [0.15, 0.2) is 0 Å². The first-order chi connectivity index (χ1) is 9.99. The van der Waals surface area contributed by atoms with Crippen molar-refractivity contribution in [2.45, 2.75) is 32.7 Å². The van der Waals surface area contributed by atoms with Crippen LogP contribution in [0.2, 0.25) is 10.0 Å². The summed E-state index contributed by atoms with van der Waals surface area (Å²) in [6, 6.07) is 3.47. The standard InChI is InChI=1S/C16H24Cl2N2O.2ClH/c1-11(2)3-4-14(20-7-5-19-6-8-20)16-13(18)9-12(17)10-15(16)21;;/h9-11,14,19,21H,3-8H2,1-2H3;2*1H/t14-;;/m1../s1. The smallest absolute Gasteiger partial charge is 0.123 e. The molecule has 0 unspecified atom stereocenters. The third-order valence-electron chi connectivity index (χ3n) is 4.02. The third kappa shape index (κ3) is 6.49. The highest BCUT2D eigenvalue weighted by Gasteiger charge is 2.26. The van der Waals surface area contributed by atoms with Gasteiger partial charge in [-0.25, -0.2) is 0 Å². The van der Waals surface area contributed by atoms with Crippen molar-refractivity contribution in [2.24, 2.45) is 5.92 Å². The first-order valence-electron chi connectivity index (χ1n) is 7.61. The Kier molecular flexibility index (Phi) is 10.9. The second-order valence-corrected chi connectivity index (χ2v) is 6.94. The molecule has 1 heterocycles. The number of benzene rings is 1. The molecule has 3 nitrogen and oxygen atoms in total. The number of nitrogens with one attached hydrogen (secondary N) is 1. The van der Waals surface area contributed by atoms with Crippen molar-refractivity contribution in [3.05, 3.63) is 27.7 Å². The van der Waals surface area contributed by atoms with Gasteiger partial charge in [-0.3, -0.25) is 4.90 Å². The van der Waals surface area contributed by atoms with Gasteiger partial charge in [-0.15, -0.1) is 24.8 Å². The van der Waals surface area contributed by atoms with Crippen LogP contribution < -0.4 is 5.32 Å². The van der Waals surface area contributed by atoms with Gasteiger partial charge in [-0.05, 0) is 30.9 Å². The number of phenolic OH excluding ortho intramolecular Hbond substituents is 1. The number of halogens is 4. The zero-order valence-corrected chi connectivity index (χ0v) is 16.7. The maximum absolute atomic E-state index is 10.3. The number of piperazine rings is 1. The third-order valence-corrected chi connectivity index (χ3v) is 4.55. The lowest BCUT2D eigenvalue weighted by molar-refractivity contribution is 0.157. The summed E-state index contributed by atoms with van der Waals surface area (Å²) in [6.45, 7) is 8.34. The van der Waals surface area contributed by atoms with Gasteiger partial charge in [-0.1, -0.05) is 37.0 Å². The van der Waals surface area contributed by atoms with E-state index < -0.39 is 0 Å². The van der Waals surface area contributed by atoms with Crippen LogP contribution in [0.3, 0.4) is 0 Å². The fraction of sp³-hybridized carbons (Fsp3) is 0.625. The Hall–Kier alpha value is 0.1000. The van der Waals surface area contributed by atoms with E-state index in [1.165, 1.54) is 0 Å². The minimum Gasteiger partial charge on any atom is -0.508 e. The van der Waals surface area contributed by atoms with Gasteiger partial charge in [0.05, 0.1) is 5.02 Å². The topological polar surface area (TPSA) is 35.5 Å². The van der Waals surface area contributed by atoms with Gasteiger partial charge in [0.25, 0.3) is 0 Å². The fourth-order valence-corrected chi connectivity index (χ4v) is 3.50. The summed E-state index contributed by atoms with van der Waals surface area (Å²) >= 11 is 12.3. The van der Waals surface area contributed by atoms with Crippen molar-refractivity contribution in [2.75, 3.05) is 26.2 Å². The Labute approximate surface area is 161 Å². The van der Waals surface area contributed by atoms with E-state index in [-0.39, 0.29) is 36.6 Å². The Bertz CT molecular complexity index is 456. The monoisotopic (exact) mass is 402 g/mol. The summed E-state index contributed by atoms with van der Waals surface area (Å²) < 4.78 is 0. The van der Waals surface area contributed by atoms with Crippen LogP contribution in [-0.2, 0) is 0 Å². The van der Waals surface area contributed by atoms with E-state index in [9.17, 15) is 5.11 Å². The minimum absolute atomic E-state index is 0. The molecule has 0 amide bonds. The van der Waals surface area contributed by atoms with Crippen molar-refractivity contribution in [1.82, 2.24) is 10.2 Å². The molecule has 23 heavy (non-hydrogen) atoms. The van der Waals surface area contributed by atoms with Crippen LogP contribution in [0.4, 0.5) is 0 Å². The Morgan fingerprint density at radius 1 is 1.13 bits per heavy atom. The van der Waals surface area contributed by atoms with Crippen LogP contribution in [0.1, 0.15) is 38.3 Å². The van der Waals surface area contributed by atoms with Gasteiger partial charge >= 0.3 is 0 Å². The molecule has 0 spiro atoms. The first kappa shape index (κ1) is 23.1. The van der Waals surface area contributed by atoms with Crippen molar-refractivity contribution in [3.8, 4) is 5.75 Å². The molecule has 7 heteroatoms. The molecule has 0 saturated carbocycles. The highest BCUT2D eigenvalue weighted by molar-refractivity contribution is 6.35. The molecule has 1 fully saturated rings. The van der Waals surface area contributed by atoms with Gasteiger partial charge in [0.1, 0.15) is 5.75 Å². The number of hydrogen-bond acceptors (Lipinski definition) is 3. The molecule has 2 N–H and O–H groups in total. The predicted octanol–water partition coefficient (Wildman–Crippen LogP) is 4.93. The molecule has 1 saturated heterocycles. The van der Waals surface area contributed by atoms with Gasteiger partial charge in [-0.2, -0.15) is 0 Å². The zero-order chi connectivity index (χ0) is 15.4. The van der Waals surface area contributed by atoms with Crippen LogP contribution in [0.15, 0.2) is 12.1 Å². The summed E-state index contributed by atoms with van der Waals surface area (Å²) in [7, 11) is 0. The number of aromatic hydroxyl groups is 1. The second-order valence-electron chi connectivity index (χ2n) is 6.09. The van der Waals surface area contributed by atoms with E-state index in [1.54, 1.807) is 12.1 Å². The second kappa shape index (κ2) is 10.9. The molecule has 0 bridgehead atoms. The molecular formula is C16H26Cl4N2O. The number of nitrogens with zero attached hydrogens (tertiary/aromatic N) is 1. The lowest BCUT2D eigenvalue weighted by Crippen LogP contribution is -2.45. The summed E-state index contributed by atoms with van der Waals surface area (Å²) in [5.41, 5.74) is 0.823. The zero-order valence-electron chi connectivity index (χ0n) is 13.5. The van der Waals surface area contributed by atoms with Crippen LogP contribution >= 0.6 is 48.0 Å². The maximum atomic E-state index is 10.3. The largest absolute Gasteiger partial charge is 0.508 e. The highest BCUT2D eigenvalue weighted by Crippen LogP contribution is 2.40. The van der Waals surface area contributed by atoms with E-state index >= 15 is 0 Å². The molecule has 1 aromatic carbocycles. The van der Waals surface area contributed by atoms with Crippen molar-refractivity contribution < 1.29 is 5.11 Å². The molecule has 0 aliphatic carbocycles. The number of hydrogen-bond donors (Lipinski definition) is 2.